The SMILES string of the molecule is CC(C)(C)[C@H](NC(=O)O)C(=O)N[C@@H](Cc1ccc(-c2ccccn2)cc1)CC(O)[C@H](Cc1ccccc1)NC(=O)[C@@H](NS(C)(=O)=O)C(C)(C)C. The Morgan fingerprint density at radius 1 is 0.740 bits per heavy atom. The molecule has 3 amide bonds. The van der Waals surface area contributed by atoms with Crippen molar-refractivity contribution in [2.24, 2.45) is 10.8 Å². The van der Waals surface area contributed by atoms with Gasteiger partial charge in [0.25, 0.3) is 0 Å². The van der Waals surface area contributed by atoms with E-state index in [1.807, 2.05) is 72.8 Å². The van der Waals surface area contributed by atoms with Gasteiger partial charge >= 0.3 is 6.09 Å². The molecule has 0 spiro atoms. The molecule has 0 radical (unpaired) electrons. The number of carbonyl (C=O) groups is 3. The van der Waals surface area contributed by atoms with Crippen LogP contribution in [0.1, 0.15) is 59.1 Å². The third-order valence-electron chi connectivity index (χ3n) is 8.22. The molecule has 1 heterocycles. The number of amides is 3. The van der Waals surface area contributed by atoms with Crippen LogP contribution in [0.4, 0.5) is 4.79 Å². The Labute approximate surface area is 295 Å². The summed E-state index contributed by atoms with van der Waals surface area (Å²) in [7, 11) is -3.76. The van der Waals surface area contributed by atoms with Crippen molar-refractivity contribution >= 4 is 27.9 Å². The molecule has 3 aromatic rings. The maximum Gasteiger partial charge on any atom is 0.405 e. The molecule has 0 saturated carbocycles. The number of aliphatic hydroxyl groups is 1. The van der Waals surface area contributed by atoms with E-state index in [9.17, 15) is 33.0 Å². The van der Waals surface area contributed by atoms with Gasteiger partial charge in [-0.25, -0.2) is 17.9 Å². The highest BCUT2D eigenvalue weighted by Gasteiger charge is 2.37. The Bertz CT molecular complexity index is 1670. The molecular weight excluding hydrogens is 659 g/mol. The van der Waals surface area contributed by atoms with Gasteiger partial charge in [0, 0.05) is 17.8 Å². The first-order valence-corrected chi connectivity index (χ1v) is 18.4. The predicted molar refractivity (Wildman–Crippen MR) is 194 cm³/mol. The van der Waals surface area contributed by atoms with Crippen molar-refractivity contribution in [1.82, 2.24) is 25.7 Å². The summed E-state index contributed by atoms with van der Waals surface area (Å²) in [4.78, 5) is 43.4. The fraction of sp³-hybridized carbons (Fsp3) is 0.459. The Morgan fingerprint density at radius 2 is 1.30 bits per heavy atom. The molecule has 0 aliphatic rings. The quantitative estimate of drug-likeness (QED) is 0.137. The lowest BCUT2D eigenvalue weighted by molar-refractivity contribution is -0.128. The van der Waals surface area contributed by atoms with E-state index < -0.39 is 69.0 Å². The second kappa shape index (κ2) is 17.1. The van der Waals surface area contributed by atoms with Crippen molar-refractivity contribution < 1.29 is 33.0 Å². The van der Waals surface area contributed by atoms with Crippen molar-refractivity contribution in [2.45, 2.75) is 91.1 Å². The minimum Gasteiger partial charge on any atom is -0.465 e. The van der Waals surface area contributed by atoms with E-state index in [2.05, 4.69) is 25.7 Å². The Balaban J connectivity index is 1.96. The van der Waals surface area contributed by atoms with E-state index in [0.29, 0.717) is 0 Å². The largest absolute Gasteiger partial charge is 0.465 e. The topological polar surface area (TPSA) is 187 Å². The zero-order chi connectivity index (χ0) is 37.3. The summed E-state index contributed by atoms with van der Waals surface area (Å²) in [6.45, 7) is 10.4. The fourth-order valence-electron chi connectivity index (χ4n) is 5.62. The number of aromatic nitrogens is 1. The molecule has 272 valence electrons. The van der Waals surface area contributed by atoms with E-state index in [-0.39, 0.29) is 19.3 Å². The zero-order valence-electron chi connectivity index (χ0n) is 29.8. The predicted octanol–water partition coefficient (Wildman–Crippen LogP) is 3.90. The summed E-state index contributed by atoms with van der Waals surface area (Å²) in [6, 6.07) is 18.7. The molecule has 6 N–H and O–H groups in total. The first-order valence-electron chi connectivity index (χ1n) is 16.5. The monoisotopic (exact) mass is 709 g/mol. The number of nitrogens with one attached hydrogen (secondary N) is 4. The number of hydrogen-bond acceptors (Lipinski definition) is 7. The Hall–Kier alpha value is -4.33. The van der Waals surface area contributed by atoms with Gasteiger partial charge in [0.2, 0.25) is 21.8 Å². The van der Waals surface area contributed by atoms with Crippen LogP contribution in [0.5, 0.6) is 0 Å². The molecule has 0 saturated heterocycles. The van der Waals surface area contributed by atoms with E-state index in [0.717, 1.165) is 28.6 Å². The highest BCUT2D eigenvalue weighted by atomic mass is 32.2. The fourth-order valence-corrected chi connectivity index (χ4v) is 6.51. The number of pyridine rings is 1. The first kappa shape index (κ1) is 40.1. The second-order valence-corrected chi connectivity index (χ2v) is 16.6. The minimum atomic E-state index is -3.76. The lowest BCUT2D eigenvalue weighted by Crippen LogP contribution is -2.58. The minimum absolute atomic E-state index is 0.0187. The van der Waals surface area contributed by atoms with Crippen LogP contribution in [0, 0.1) is 10.8 Å². The molecule has 1 unspecified atom stereocenters. The maximum absolute atomic E-state index is 13.7. The van der Waals surface area contributed by atoms with E-state index in [1.54, 1.807) is 47.7 Å². The molecule has 0 aliphatic carbocycles. The summed E-state index contributed by atoms with van der Waals surface area (Å²) in [6.07, 6.45) is 0.610. The van der Waals surface area contributed by atoms with Crippen molar-refractivity contribution in [3.05, 3.63) is 90.1 Å². The van der Waals surface area contributed by atoms with Crippen molar-refractivity contribution in [3.63, 3.8) is 0 Å². The summed E-state index contributed by atoms with van der Waals surface area (Å²) >= 11 is 0. The number of sulfonamides is 1. The second-order valence-electron chi connectivity index (χ2n) is 14.9. The summed E-state index contributed by atoms with van der Waals surface area (Å²) in [5.74, 6) is -1.16. The maximum atomic E-state index is 13.7. The van der Waals surface area contributed by atoms with Gasteiger partial charge in [0.05, 0.1) is 24.1 Å². The van der Waals surface area contributed by atoms with E-state index >= 15 is 0 Å². The normalized spacial score (nSPS) is 15.2. The average molecular weight is 710 g/mol. The Morgan fingerprint density at radius 3 is 1.82 bits per heavy atom. The van der Waals surface area contributed by atoms with Gasteiger partial charge in [-0.15, -0.1) is 0 Å². The number of rotatable bonds is 15. The standard InChI is InChI=1S/C37H51N5O7S/c1-36(2,3)31(41-35(46)47)33(44)39-27(21-25-16-18-26(19-17-25)28-15-11-12-20-38-28)23-30(43)29(22-24-13-9-8-10-14-24)40-34(45)32(37(4,5)6)42-50(7,48)49/h8-20,27,29-32,41-43H,21-23H2,1-7H3,(H,39,44)(H,40,45)(H,46,47)/t27-,29-,30?,31+,32+/m0/s1. The molecule has 5 atom stereocenters. The van der Waals surface area contributed by atoms with Gasteiger partial charge < -0.3 is 26.2 Å². The van der Waals surface area contributed by atoms with Gasteiger partial charge in [-0.05, 0) is 53.4 Å². The van der Waals surface area contributed by atoms with Crippen LogP contribution in [0.15, 0.2) is 79.0 Å². The number of carboxylic acid groups (broad SMARTS) is 1. The molecule has 2 aromatic carbocycles. The van der Waals surface area contributed by atoms with Crippen LogP contribution in [-0.2, 0) is 32.5 Å². The van der Waals surface area contributed by atoms with E-state index in [1.165, 1.54) is 0 Å². The summed E-state index contributed by atoms with van der Waals surface area (Å²) < 4.78 is 26.8. The lowest BCUT2D eigenvalue weighted by atomic mass is 9.85. The number of hydrogen-bond donors (Lipinski definition) is 6. The number of benzene rings is 2. The molecule has 13 heteroatoms. The average Bonchev–Trinajstić information content (AvgIpc) is 3.01. The lowest BCUT2D eigenvalue weighted by Gasteiger charge is -2.34. The molecule has 0 bridgehead atoms. The molecular formula is C37H51N5O7S. The van der Waals surface area contributed by atoms with Crippen LogP contribution in [0.25, 0.3) is 11.3 Å². The number of carbonyl (C=O) groups excluding carboxylic acids is 2. The van der Waals surface area contributed by atoms with Gasteiger partial charge in [-0.1, -0.05) is 102 Å². The van der Waals surface area contributed by atoms with Crippen LogP contribution >= 0.6 is 0 Å². The summed E-state index contributed by atoms with van der Waals surface area (Å²) in [5, 5.41) is 29.5. The van der Waals surface area contributed by atoms with Crippen molar-refractivity contribution in [1.29, 1.82) is 0 Å². The summed E-state index contributed by atoms with van der Waals surface area (Å²) in [5.41, 5.74) is 1.79. The molecule has 1 aromatic heterocycles. The molecule has 0 fully saturated rings. The van der Waals surface area contributed by atoms with Crippen LogP contribution in [-0.4, -0.2) is 78.0 Å². The first-order chi connectivity index (χ1) is 23.2. The smallest absolute Gasteiger partial charge is 0.405 e. The number of aliphatic hydroxyl groups excluding tert-OH is 1. The molecule has 50 heavy (non-hydrogen) atoms. The molecule has 0 aliphatic heterocycles. The molecule has 3 rings (SSSR count). The van der Waals surface area contributed by atoms with E-state index in [4.69, 9.17) is 0 Å². The highest BCUT2D eigenvalue weighted by Crippen LogP contribution is 2.24. The van der Waals surface area contributed by atoms with Gasteiger partial charge in [-0.3, -0.25) is 14.6 Å². The third kappa shape index (κ3) is 12.8. The zero-order valence-corrected chi connectivity index (χ0v) is 30.6. The van der Waals surface area contributed by atoms with Gasteiger partial charge in [-0.2, -0.15) is 0 Å². The van der Waals surface area contributed by atoms with Crippen LogP contribution < -0.4 is 20.7 Å². The number of nitrogens with zero attached hydrogens (tertiary/aromatic N) is 1. The van der Waals surface area contributed by atoms with Crippen LogP contribution in [0.3, 0.4) is 0 Å². The third-order valence-corrected chi connectivity index (χ3v) is 8.88. The Kier molecular flexibility index (Phi) is 13.7. The van der Waals surface area contributed by atoms with Crippen LogP contribution in [0.2, 0.25) is 0 Å². The van der Waals surface area contributed by atoms with Crippen molar-refractivity contribution in [3.8, 4) is 11.3 Å². The van der Waals surface area contributed by atoms with Crippen molar-refractivity contribution in [2.75, 3.05) is 6.26 Å². The molecule has 12 nitrogen and oxygen atoms in total. The highest BCUT2D eigenvalue weighted by molar-refractivity contribution is 7.88. The van der Waals surface area contributed by atoms with Gasteiger partial charge in [0.15, 0.2) is 0 Å². The van der Waals surface area contributed by atoms with Gasteiger partial charge in [0.1, 0.15) is 12.1 Å².